The Morgan fingerprint density at radius 2 is 1.93 bits per heavy atom. The molecule has 0 radical (unpaired) electrons. The number of nitrogens with zero attached hydrogens (tertiary/aromatic N) is 1. The summed E-state index contributed by atoms with van der Waals surface area (Å²) in [5.41, 5.74) is 2.40. The first kappa shape index (κ1) is 18.0. The summed E-state index contributed by atoms with van der Waals surface area (Å²) in [6.45, 7) is 3.69. The Kier molecular flexibility index (Phi) is 4.85. The molecule has 3 nitrogen and oxygen atoms in total. The van der Waals surface area contributed by atoms with Crippen LogP contribution in [0.2, 0.25) is 5.02 Å². The molecule has 1 heterocycles. The van der Waals surface area contributed by atoms with Crippen molar-refractivity contribution in [2.24, 2.45) is 0 Å². The number of fused-ring (bicyclic) bond motifs is 1. The summed E-state index contributed by atoms with van der Waals surface area (Å²) in [5.74, 6) is -0.441. The summed E-state index contributed by atoms with van der Waals surface area (Å²) in [7, 11) is 0. The largest absolute Gasteiger partial charge is 0.377 e. The maximum atomic E-state index is 13.5. The molecule has 3 aromatic carbocycles. The van der Waals surface area contributed by atoms with Gasteiger partial charge in [0.25, 0.3) is 5.91 Å². The number of rotatable bonds is 2. The van der Waals surface area contributed by atoms with Crippen LogP contribution in [0, 0.1) is 5.82 Å². The van der Waals surface area contributed by atoms with Crippen molar-refractivity contribution in [2.45, 2.75) is 13.0 Å². The van der Waals surface area contributed by atoms with Crippen LogP contribution in [0.25, 0.3) is 21.9 Å². The van der Waals surface area contributed by atoms with Gasteiger partial charge in [-0.25, -0.2) is 4.39 Å². The van der Waals surface area contributed by atoms with Gasteiger partial charge in [-0.3, -0.25) is 4.79 Å². The predicted octanol–water partition coefficient (Wildman–Crippen LogP) is 5.16. The van der Waals surface area contributed by atoms with Crippen molar-refractivity contribution >= 4 is 28.3 Å². The number of morpholine rings is 1. The molecule has 0 spiro atoms. The molecule has 5 heteroatoms. The number of carbonyl (C=O) groups is 1. The van der Waals surface area contributed by atoms with Crippen molar-refractivity contribution in [1.29, 1.82) is 0 Å². The Morgan fingerprint density at radius 3 is 2.70 bits per heavy atom. The number of benzene rings is 3. The zero-order valence-electron chi connectivity index (χ0n) is 14.9. The van der Waals surface area contributed by atoms with E-state index in [0.717, 1.165) is 21.9 Å². The molecule has 0 bridgehead atoms. The van der Waals surface area contributed by atoms with Gasteiger partial charge >= 0.3 is 0 Å². The average Bonchev–Trinajstić information content (AvgIpc) is 2.69. The number of ether oxygens (including phenoxy) is 1. The normalized spacial score (nSPS) is 17.3. The minimum absolute atomic E-state index is 0.00527. The van der Waals surface area contributed by atoms with E-state index in [0.29, 0.717) is 25.3 Å². The lowest BCUT2D eigenvalue weighted by Crippen LogP contribution is -2.47. The zero-order valence-corrected chi connectivity index (χ0v) is 15.7. The second-order valence-corrected chi connectivity index (χ2v) is 7.16. The number of amides is 1. The third-order valence-electron chi connectivity index (χ3n) is 5.01. The molecule has 1 fully saturated rings. The molecular weight excluding hydrogens is 365 g/mol. The van der Waals surface area contributed by atoms with Gasteiger partial charge in [0, 0.05) is 12.1 Å². The van der Waals surface area contributed by atoms with Crippen LogP contribution < -0.4 is 0 Å². The van der Waals surface area contributed by atoms with E-state index in [-0.39, 0.29) is 17.0 Å². The van der Waals surface area contributed by atoms with Gasteiger partial charge in [0.05, 0.1) is 24.3 Å². The first-order valence-corrected chi connectivity index (χ1v) is 9.30. The highest BCUT2D eigenvalue weighted by molar-refractivity contribution is 6.31. The molecule has 1 atom stereocenters. The van der Waals surface area contributed by atoms with Gasteiger partial charge in [0.2, 0.25) is 0 Å². The smallest absolute Gasteiger partial charge is 0.254 e. The third-order valence-corrected chi connectivity index (χ3v) is 5.30. The van der Waals surface area contributed by atoms with Gasteiger partial charge in [-0.05, 0) is 47.0 Å². The van der Waals surface area contributed by atoms with Crippen LogP contribution in [0.4, 0.5) is 4.39 Å². The van der Waals surface area contributed by atoms with E-state index < -0.39 is 5.82 Å². The SMILES string of the molecule is C[C@@H]1COCCN1C(=O)c1cccc2c(-c3ccc(F)c(Cl)c3)cccc12. The average molecular weight is 384 g/mol. The van der Waals surface area contributed by atoms with Crippen LogP contribution in [0.15, 0.2) is 54.6 Å². The van der Waals surface area contributed by atoms with Gasteiger partial charge in [0.1, 0.15) is 5.82 Å². The Morgan fingerprint density at radius 1 is 1.15 bits per heavy atom. The summed E-state index contributed by atoms with van der Waals surface area (Å²) >= 11 is 5.97. The van der Waals surface area contributed by atoms with Crippen LogP contribution in [0.3, 0.4) is 0 Å². The van der Waals surface area contributed by atoms with Crippen LogP contribution in [-0.4, -0.2) is 36.6 Å². The van der Waals surface area contributed by atoms with Gasteiger partial charge in [-0.15, -0.1) is 0 Å². The van der Waals surface area contributed by atoms with Crippen molar-refractivity contribution in [3.05, 3.63) is 71.0 Å². The molecule has 1 aliphatic heterocycles. The topological polar surface area (TPSA) is 29.5 Å². The highest BCUT2D eigenvalue weighted by Crippen LogP contribution is 2.33. The van der Waals surface area contributed by atoms with Gasteiger partial charge in [-0.2, -0.15) is 0 Å². The lowest BCUT2D eigenvalue weighted by molar-refractivity contribution is 0.00370. The molecule has 0 unspecified atom stereocenters. The second kappa shape index (κ2) is 7.29. The Balaban J connectivity index is 1.82. The summed E-state index contributed by atoms with van der Waals surface area (Å²) in [5, 5.41) is 1.89. The third kappa shape index (κ3) is 3.31. The van der Waals surface area contributed by atoms with Crippen molar-refractivity contribution in [3.63, 3.8) is 0 Å². The van der Waals surface area contributed by atoms with E-state index in [1.807, 2.05) is 48.2 Å². The Labute approximate surface area is 162 Å². The quantitative estimate of drug-likeness (QED) is 0.611. The fraction of sp³-hybridized carbons (Fsp3) is 0.227. The molecule has 0 saturated carbocycles. The molecule has 138 valence electrons. The van der Waals surface area contributed by atoms with Crippen LogP contribution >= 0.6 is 11.6 Å². The van der Waals surface area contributed by atoms with Crippen molar-refractivity contribution < 1.29 is 13.9 Å². The van der Waals surface area contributed by atoms with E-state index in [2.05, 4.69) is 0 Å². The Bertz CT molecular complexity index is 1020. The van der Waals surface area contributed by atoms with Gasteiger partial charge < -0.3 is 9.64 Å². The lowest BCUT2D eigenvalue weighted by atomic mass is 9.95. The van der Waals surface area contributed by atoms with E-state index in [1.54, 1.807) is 12.1 Å². The number of hydrogen-bond donors (Lipinski definition) is 0. The number of hydrogen-bond acceptors (Lipinski definition) is 2. The molecule has 27 heavy (non-hydrogen) atoms. The van der Waals surface area contributed by atoms with Crippen LogP contribution in [0.1, 0.15) is 17.3 Å². The van der Waals surface area contributed by atoms with Crippen molar-refractivity contribution in [2.75, 3.05) is 19.8 Å². The molecule has 0 aliphatic carbocycles. The van der Waals surface area contributed by atoms with Gasteiger partial charge in [0.15, 0.2) is 0 Å². The first-order valence-electron chi connectivity index (χ1n) is 8.92. The second-order valence-electron chi connectivity index (χ2n) is 6.76. The molecule has 3 aromatic rings. The van der Waals surface area contributed by atoms with Crippen molar-refractivity contribution in [1.82, 2.24) is 4.90 Å². The lowest BCUT2D eigenvalue weighted by Gasteiger charge is -2.33. The highest BCUT2D eigenvalue weighted by Gasteiger charge is 2.26. The molecule has 1 aliphatic rings. The molecule has 0 aromatic heterocycles. The maximum Gasteiger partial charge on any atom is 0.254 e. The predicted molar refractivity (Wildman–Crippen MR) is 106 cm³/mol. The standard InChI is InChI=1S/C22H19ClFNO2/c1-14-13-27-11-10-25(14)22(26)19-7-3-5-17-16(4-2-6-18(17)19)15-8-9-21(24)20(23)12-15/h2-9,12,14H,10-11,13H2,1H3/t14-/m1/s1. The molecule has 1 saturated heterocycles. The highest BCUT2D eigenvalue weighted by atomic mass is 35.5. The van der Waals surface area contributed by atoms with E-state index in [4.69, 9.17) is 16.3 Å². The monoisotopic (exact) mass is 383 g/mol. The molecule has 4 rings (SSSR count). The summed E-state index contributed by atoms with van der Waals surface area (Å²) < 4.78 is 19.0. The molecular formula is C22H19ClFNO2. The van der Waals surface area contributed by atoms with Crippen LogP contribution in [0.5, 0.6) is 0 Å². The van der Waals surface area contributed by atoms with Gasteiger partial charge in [-0.1, -0.05) is 48.0 Å². The minimum atomic E-state index is -0.446. The first-order chi connectivity index (χ1) is 13.1. The maximum absolute atomic E-state index is 13.5. The van der Waals surface area contributed by atoms with E-state index in [9.17, 15) is 9.18 Å². The zero-order chi connectivity index (χ0) is 19.0. The summed E-state index contributed by atoms with van der Waals surface area (Å²) in [4.78, 5) is 15.0. The number of carbonyl (C=O) groups excluding carboxylic acids is 1. The fourth-order valence-electron chi connectivity index (χ4n) is 3.60. The van der Waals surface area contributed by atoms with Crippen molar-refractivity contribution in [3.8, 4) is 11.1 Å². The summed E-state index contributed by atoms with van der Waals surface area (Å²) in [6, 6.07) is 16.2. The molecule has 0 N–H and O–H groups in total. The van der Waals surface area contributed by atoms with Crippen LogP contribution in [-0.2, 0) is 4.74 Å². The fourth-order valence-corrected chi connectivity index (χ4v) is 3.78. The number of halogens is 2. The Hall–Kier alpha value is -2.43. The van der Waals surface area contributed by atoms with E-state index in [1.165, 1.54) is 6.07 Å². The molecule has 1 amide bonds. The van der Waals surface area contributed by atoms with E-state index >= 15 is 0 Å². The summed E-state index contributed by atoms with van der Waals surface area (Å²) in [6.07, 6.45) is 0. The minimum Gasteiger partial charge on any atom is -0.377 e.